The van der Waals surface area contributed by atoms with Crippen LogP contribution in [0.2, 0.25) is 0 Å². The molecule has 1 aliphatic rings. The van der Waals surface area contributed by atoms with Gasteiger partial charge in [0.05, 0.1) is 24.8 Å². The van der Waals surface area contributed by atoms with E-state index in [1.54, 1.807) is 12.1 Å². The molecule has 1 amide bonds. The van der Waals surface area contributed by atoms with E-state index in [2.05, 4.69) is 6.92 Å². The summed E-state index contributed by atoms with van der Waals surface area (Å²) in [5.41, 5.74) is 1.60. The van der Waals surface area contributed by atoms with Crippen LogP contribution in [0.5, 0.6) is 0 Å². The molecular formula is C21H29NO4. The number of hydrogen-bond acceptors (Lipinski definition) is 4. The summed E-state index contributed by atoms with van der Waals surface area (Å²) in [6.07, 6.45) is 8.30. The molecule has 2 atom stereocenters. The average Bonchev–Trinajstić information content (AvgIpc) is 3.02. The molecule has 0 aliphatic carbocycles. The summed E-state index contributed by atoms with van der Waals surface area (Å²) in [5, 5.41) is 9.96. The molecule has 0 bridgehead atoms. The minimum absolute atomic E-state index is 0.0631. The van der Waals surface area contributed by atoms with Crippen LogP contribution in [-0.4, -0.2) is 47.7 Å². The van der Waals surface area contributed by atoms with Gasteiger partial charge in [-0.2, -0.15) is 0 Å². The van der Waals surface area contributed by atoms with E-state index in [1.165, 1.54) is 7.11 Å². The number of esters is 1. The SMILES string of the molecule is CCCCC(O)C=CC1CCC(=O)N1CCc1ccc(C(=O)OC)cc1. The maximum absolute atomic E-state index is 12.2. The molecule has 1 saturated heterocycles. The van der Waals surface area contributed by atoms with Gasteiger partial charge in [0.25, 0.3) is 0 Å². The normalized spacial score (nSPS) is 18.5. The van der Waals surface area contributed by atoms with Gasteiger partial charge in [0.15, 0.2) is 0 Å². The number of likely N-dealkylation sites (tertiary alicyclic amines) is 1. The number of methoxy groups -OCH3 is 1. The lowest BCUT2D eigenvalue weighted by molar-refractivity contribution is -0.128. The molecule has 1 heterocycles. The molecule has 0 spiro atoms. The number of aliphatic hydroxyl groups is 1. The fourth-order valence-corrected chi connectivity index (χ4v) is 3.19. The molecule has 1 aromatic rings. The molecule has 0 saturated carbocycles. The molecule has 0 aromatic heterocycles. The summed E-state index contributed by atoms with van der Waals surface area (Å²) in [6, 6.07) is 7.34. The minimum atomic E-state index is -0.432. The Kier molecular flexibility index (Phi) is 7.85. The predicted molar refractivity (Wildman–Crippen MR) is 101 cm³/mol. The Balaban J connectivity index is 1.90. The summed E-state index contributed by atoms with van der Waals surface area (Å²) >= 11 is 0. The summed E-state index contributed by atoms with van der Waals surface area (Å²) < 4.78 is 4.70. The molecule has 142 valence electrons. The third kappa shape index (κ3) is 5.70. The molecule has 26 heavy (non-hydrogen) atoms. The summed E-state index contributed by atoms with van der Waals surface area (Å²) in [7, 11) is 1.36. The van der Waals surface area contributed by atoms with Crippen molar-refractivity contribution >= 4 is 11.9 Å². The van der Waals surface area contributed by atoms with Crippen molar-refractivity contribution in [3.05, 3.63) is 47.5 Å². The number of benzene rings is 1. The third-order valence-corrected chi connectivity index (χ3v) is 4.80. The van der Waals surface area contributed by atoms with Gasteiger partial charge in [0.2, 0.25) is 5.91 Å². The zero-order valence-electron chi connectivity index (χ0n) is 15.7. The van der Waals surface area contributed by atoms with Gasteiger partial charge in [0, 0.05) is 13.0 Å². The Hall–Kier alpha value is -2.14. The fraction of sp³-hybridized carbons (Fsp3) is 0.524. The second kappa shape index (κ2) is 10.1. The van der Waals surface area contributed by atoms with Crippen LogP contribution in [0.4, 0.5) is 0 Å². The fourth-order valence-electron chi connectivity index (χ4n) is 3.19. The van der Waals surface area contributed by atoms with Gasteiger partial charge in [-0.05, 0) is 37.0 Å². The van der Waals surface area contributed by atoms with Crippen molar-refractivity contribution in [1.82, 2.24) is 4.90 Å². The number of carbonyl (C=O) groups excluding carboxylic acids is 2. The predicted octanol–water partition coefficient (Wildman–Crippen LogP) is 3.11. The number of hydrogen-bond donors (Lipinski definition) is 1. The lowest BCUT2D eigenvalue weighted by Gasteiger charge is -2.23. The van der Waals surface area contributed by atoms with Crippen LogP contribution in [0.15, 0.2) is 36.4 Å². The van der Waals surface area contributed by atoms with E-state index in [0.717, 1.165) is 37.7 Å². The highest BCUT2D eigenvalue weighted by molar-refractivity contribution is 5.89. The Morgan fingerprint density at radius 2 is 2.12 bits per heavy atom. The van der Waals surface area contributed by atoms with Crippen molar-refractivity contribution in [3.63, 3.8) is 0 Å². The van der Waals surface area contributed by atoms with Crippen molar-refractivity contribution < 1.29 is 19.4 Å². The number of carbonyl (C=O) groups is 2. The summed E-state index contributed by atoms with van der Waals surface area (Å²) in [5.74, 6) is -0.188. The Labute approximate surface area is 155 Å². The minimum Gasteiger partial charge on any atom is -0.465 e. The molecule has 1 N–H and O–H groups in total. The first-order valence-electron chi connectivity index (χ1n) is 9.38. The molecule has 1 aromatic carbocycles. The lowest BCUT2D eigenvalue weighted by atomic mass is 10.1. The maximum Gasteiger partial charge on any atom is 0.337 e. The topological polar surface area (TPSA) is 66.8 Å². The molecule has 2 unspecified atom stereocenters. The number of rotatable bonds is 9. The van der Waals surface area contributed by atoms with E-state index in [9.17, 15) is 14.7 Å². The van der Waals surface area contributed by atoms with Gasteiger partial charge in [-0.15, -0.1) is 0 Å². The Morgan fingerprint density at radius 3 is 2.77 bits per heavy atom. The molecule has 1 fully saturated rings. The number of nitrogens with zero attached hydrogens (tertiary/aromatic N) is 1. The average molecular weight is 359 g/mol. The van der Waals surface area contributed by atoms with Crippen molar-refractivity contribution in [2.45, 2.75) is 57.6 Å². The van der Waals surface area contributed by atoms with Crippen LogP contribution in [0.1, 0.15) is 54.9 Å². The van der Waals surface area contributed by atoms with E-state index >= 15 is 0 Å². The van der Waals surface area contributed by atoms with Gasteiger partial charge < -0.3 is 14.7 Å². The molecule has 5 nitrogen and oxygen atoms in total. The lowest BCUT2D eigenvalue weighted by Crippen LogP contribution is -2.33. The number of amides is 1. The van der Waals surface area contributed by atoms with Crippen LogP contribution in [0.25, 0.3) is 0 Å². The first kappa shape index (κ1) is 20.2. The Morgan fingerprint density at radius 1 is 1.38 bits per heavy atom. The first-order valence-corrected chi connectivity index (χ1v) is 9.38. The molecule has 1 aliphatic heterocycles. The summed E-state index contributed by atoms with van der Waals surface area (Å²) in [6.45, 7) is 2.74. The van der Waals surface area contributed by atoms with Crippen LogP contribution in [0.3, 0.4) is 0 Å². The van der Waals surface area contributed by atoms with Crippen LogP contribution >= 0.6 is 0 Å². The third-order valence-electron chi connectivity index (χ3n) is 4.80. The van der Waals surface area contributed by atoms with Gasteiger partial charge >= 0.3 is 5.97 Å². The van der Waals surface area contributed by atoms with Crippen LogP contribution < -0.4 is 0 Å². The number of ether oxygens (including phenoxy) is 1. The van der Waals surface area contributed by atoms with Crippen LogP contribution in [0, 0.1) is 0 Å². The Bertz CT molecular complexity index is 623. The van der Waals surface area contributed by atoms with Gasteiger partial charge in [0.1, 0.15) is 0 Å². The largest absolute Gasteiger partial charge is 0.465 e. The molecule has 2 rings (SSSR count). The zero-order chi connectivity index (χ0) is 18.9. The number of aliphatic hydroxyl groups excluding tert-OH is 1. The van der Waals surface area contributed by atoms with E-state index < -0.39 is 6.10 Å². The van der Waals surface area contributed by atoms with Gasteiger partial charge in [-0.1, -0.05) is 44.1 Å². The standard InChI is InChI=1S/C21H29NO4/c1-3-4-5-19(23)12-10-18-11-13-20(24)22(18)15-14-16-6-8-17(9-7-16)21(25)26-2/h6-10,12,18-19,23H,3-5,11,13-15H2,1-2H3. The van der Waals surface area contributed by atoms with Crippen LogP contribution in [-0.2, 0) is 16.0 Å². The maximum atomic E-state index is 12.2. The van der Waals surface area contributed by atoms with E-state index in [4.69, 9.17) is 4.74 Å². The van der Waals surface area contributed by atoms with E-state index in [1.807, 2.05) is 29.2 Å². The second-order valence-electron chi connectivity index (χ2n) is 6.73. The summed E-state index contributed by atoms with van der Waals surface area (Å²) in [4.78, 5) is 25.5. The molecule has 0 radical (unpaired) electrons. The smallest absolute Gasteiger partial charge is 0.337 e. The highest BCUT2D eigenvalue weighted by atomic mass is 16.5. The van der Waals surface area contributed by atoms with Crippen molar-refractivity contribution in [1.29, 1.82) is 0 Å². The van der Waals surface area contributed by atoms with Crippen molar-refractivity contribution in [2.24, 2.45) is 0 Å². The van der Waals surface area contributed by atoms with E-state index in [0.29, 0.717) is 18.5 Å². The highest BCUT2D eigenvalue weighted by Crippen LogP contribution is 2.21. The van der Waals surface area contributed by atoms with Crippen molar-refractivity contribution in [2.75, 3.05) is 13.7 Å². The monoisotopic (exact) mass is 359 g/mol. The van der Waals surface area contributed by atoms with Gasteiger partial charge in [-0.25, -0.2) is 4.79 Å². The highest BCUT2D eigenvalue weighted by Gasteiger charge is 2.28. The molecular weight excluding hydrogens is 330 g/mol. The quantitative estimate of drug-likeness (QED) is 0.543. The number of unbranched alkanes of at least 4 members (excludes halogenated alkanes) is 1. The zero-order valence-corrected chi connectivity index (χ0v) is 15.7. The van der Waals surface area contributed by atoms with Gasteiger partial charge in [-0.3, -0.25) is 4.79 Å². The first-order chi connectivity index (χ1) is 12.5. The second-order valence-corrected chi connectivity index (χ2v) is 6.73. The molecule has 5 heteroatoms. The van der Waals surface area contributed by atoms with Crippen molar-refractivity contribution in [3.8, 4) is 0 Å². The van der Waals surface area contributed by atoms with E-state index in [-0.39, 0.29) is 17.9 Å².